The molecule has 7 heteroatoms. The van der Waals surface area contributed by atoms with Crippen LogP contribution in [0.2, 0.25) is 0 Å². The Morgan fingerprint density at radius 3 is 2.48 bits per heavy atom. The summed E-state index contributed by atoms with van der Waals surface area (Å²) in [6, 6.07) is 6.82. The van der Waals surface area contributed by atoms with Gasteiger partial charge < -0.3 is 19.3 Å². The molecule has 0 aliphatic rings. The van der Waals surface area contributed by atoms with Crippen molar-refractivity contribution in [3.8, 4) is 17.4 Å². The van der Waals surface area contributed by atoms with Crippen LogP contribution in [0.4, 0.5) is 0 Å². The number of carbonyl (C=O) groups is 1. The summed E-state index contributed by atoms with van der Waals surface area (Å²) >= 11 is 0. The highest BCUT2D eigenvalue weighted by atomic mass is 16.6. The van der Waals surface area contributed by atoms with Crippen LogP contribution in [0.3, 0.4) is 0 Å². The van der Waals surface area contributed by atoms with E-state index in [0.29, 0.717) is 24.5 Å². The van der Waals surface area contributed by atoms with Crippen LogP contribution in [0.1, 0.15) is 24.3 Å². The Morgan fingerprint density at radius 2 is 1.95 bits per heavy atom. The largest absolute Gasteiger partial charge is 0.538 e. The van der Waals surface area contributed by atoms with Crippen molar-refractivity contribution >= 4 is 5.91 Å². The summed E-state index contributed by atoms with van der Waals surface area (Å²) in [4.78, 5) is 13.9. The van der Waals surface area contributed by atoms with Gasteiger partial charge in [-0.3, -0.25) is 4.79 Å². The molecule has 2 rings (SSSR count). The summed E-state index contributed by atoms with van der Waals surface area (Å²) in [6.45, 7) is 4.69. The molecule has 112 valence electrons. The van der Waals surface area contributed by atoms with Crippen molar-refractivity contribution in [2.45, 2.75) is 13.8 Å². The van der Waals surface area contributed by atoms with Crippen molar-refractivity contribution in [1.82, 2.24) is 10.2 Å². The Balaban J connectivity index is 2.43. The Labute approximate surface area is 122 Å². The molecule has 0 atom stereocenters. The fourth-order valence-electron chi connectivity index (χ4n) is 1.99. The van der Waals surface area contributed by atoms with E-state index in [0.717, 1.165) is 0 Å². The Kier molecular flexibility index (Phi) is 4.42. The highest BCUT2D eigenvalue weighted by Gasteiger charge is 2.30. The number of methoxy groups -OCH3 is 1. The molecule has 0 saturated carbocycles. The summed E-state index contributed by atoms with van der Waals surface area (Å²) in [5.74, 6) is -0.480. The van der Waals surface area contributed by atoms with E-state index in [9.17, 15) is 9.90 Å². The number of hydrogen-bond donors (Lipinski definition) is 0. The predicted molar refractivity (Wildman–Crippen MR) is 71.3 cm³/mol. The van der Waals surface area contributed by atoms with Crippen LogP contribution in [-0.2, 0) is 0 Å². The second kappa shape index (κ2) is 6.25. The lowest BCUT2D eigenvalue weighted by Crippen LogP contribution is -2.44. The zero-order valence-electron chi connectivity index (χ0n) is 12.2. The first-order valence-corrected chi connectivity index (χ1v) is 6.65. The van der Waals surface area contributed by atoms with E-state index in [1.54, 1.807) is 31.4 Å². The monoisotopic (exact) mass is 291 g/mol. The lowest BCUT2D eigenvalue weighted by atomic mass is 10.3. The molecule has 0 N–H and O–H groups in total. The number of aromatic nitrogens is 2. The van der Waals surface area contributed by atoms with Crippen molar-refractivity contribution < 1.29 is 23.8 Å². The van der Waals surface area contributed by atoms with Crippen LogP contribution in [0.5, 0.6) is 11.7 Å². The molecule has 0 aliphatic heterocycles. The van der Waals surface area contributed by atoms with Gasteiger partial charge in [0.25, 0.3) is 0 Å². The first-order valence-electron chi connectivity index (χ1n) is 6.65. The molecule has 1 amide bonds. The molecule has 0 aliphatic carbocycles. The van der Waals surface area contributed by atoms with Crippen LogP contribution < -0.4 is 14.5 Å². The van der Waals surface area contributed by atoms with Crippen LogP contribution in [0, 0.1) is 0 Å². The van der Waals surface area contributed by atoms with Crippen molar-refractivity contribution in [1.29, 1.82) is 0 Å². The third-order valence-corrected chi connectivity index (χ3v) is 3.18. The summed E-state index contributed by atoms with van der Waals surface area (Å²) < 4.78 is 10.9. The van der Waals surface area contributed by atoms with Gasteiger partial charge in [-0.1, -0.05) is 0 Å². The summed E-state index contributed by atoms with van der Waals surface area (Å²) in [6.07, 6.45) is 0. The molecule has 1 aromatic heterocycles. The molecular formula is C14H17N3O4. The molecular weight excluding hydrogens is 274 g/mol. The number of ether oxygens (including phenoxy) is 1. The number of nitrogens with zero attached hydrogens (tertiary/aromatic N) is 3. The van der Waals surface area contributed by atoms with E-state index in [-0.39, 0.29) is 5.69 Å². The minimum atomic E-state index is -0.747. The van der Waals surface area contributed by atoms with Crippen molar-refractivity contribution in [3.63, 3.8) is 0 Å². The number of carbonyl (C=O) groups excluding carboxylic acids is 1. The van der Waals surface area contributed by atoms with E-state index >= 15 is 0 Å². The third kappa shape index (κ3) is 2.81. The standard InChI is InChI=1S/C14H17N3O4/c1-4-16(5-2)13(18)12-14(19)21-15-17(12)10-6-8-11(20-3)9-7-10/h6-9H,4-5H2,1-3H3. The van der Waals surface area contributed by atoms with Crippen LogP contribution in [0.15, 0.2) is 28.8 Å². The maximum atomic E-state index is 12.4. The fourth-order valence-corrected chi connectivity index (χ4v) is 1.99. The van der Waals surface area contributed by atoms with Crippen molar-refractivity contribution in [2.75, 3.05) is 20.2 Å². The molecule has 1 aromatic carbocycles. The second-order valence-electron chi connectivity index (χ2n) is 4.30. The van der Waals surface area contributed by atoms with E-state index in [4.69, 9.17) is 4.74 Å². The number of hydrogen-bond acceptors (Lipinski definition) is 5. The van der Waals surface area contributed by atoms with Gasteiger partial charge in [0.05, 0.1) is 12.4 Å². The highest BCUT2D eigenvalue weighted by molar-refractivity contribution is 5.92. The maximum absolute atomic E-state index is 12.4. The van der Waals surface area contributed by atoms with E-state index in [2.05, 4.69) is 9.79 Å². The summed E-state index contributed by atoms with van der Waals surface area (Å²) in [7, 11) is 1.56. The minimum Gasteiger partial charge on any atom is -0.538 e. The Bertz CT molecular complexity index is 618. The fraction of sp³-hybridized carbons (Fsp3) is 0.357. The van der Waals surface area contributed by atoms with Gasteiger partial charge in [-0.15, -0.1) is 0 Å². The smallest absolute Gasteiger partial charge is 0.327 e. The molecule has 0 spiro atoms. The first-order chi connectivity index (χ1) is 10.1. The van der Waals surface area contributed by atoms with Gasteiger partial charge in [0.2, 0.25) is 5.69 Å². The van der Waals surface area contributed by atoms with E-state index in [1.165, 1.54) is 9.58 Å². The van der Waals surface area contributed by atoms with Crippen molar-refractivity contribution in [2.24, 2.45) is 0 Å². The number of rotatable bonds is 5. The van der Waals surface area contributed by atoms with Crippen LogP contribution in [0.25, 0.3) is 5.69 Å². The van der Waals surface area contributed by atoms with Gasteiger partial charge in [0.1, 0.15) is 5.75 Å². The van der Waals surface area contributed by atoms with E-state index in [1.807, 2.05) is 13.8 Å². The van der Waals surface area contributed by atoms with Gasteiger partial charge in [-0.25, -0.2) is 0 Å². The number of benzene rings is 1. The molecule has 0 unspecified atom stereocenters. The lowest BCUT2D eigenvalue weighted by Gasteiger charge is -2.16. The predicted octanol–water partition coefficient (Wildman–Crippen LogP) is 0.515. The van der Waals surface area contributed by atoms with Gasteiger partial charge in [0, 0.05) is 25.2 Å². The Hall–Kier alpha value is -2.57. The first kappa shape index (κ1) is 14.8. The van der Waals surface area contributed by atoms with E-state index < -0.39 is 11.9 Å². The zero-order valence-corrected chi connectivity index (χ0v) is 12.2. The van der Waals surface area contributed by atoms with Gasteiger partial charge in [0.15, 0.2) is 5.95 Å². The molecule has 1 heterocycles. The molecule has 21 heavy (non-hydrogen) atoms. The number of amides is 1. The maximum Gasteiger partial charge on any atom is 0.327 e. The summed E-state index contributed by atoms with van der Waals surface area (Å²) in [5.41, 5.74) is 0.445. The highest BCUT2D eigenvalue weighted by Crippen LogP contribution is 2.15. The lowest BCUT2D eigenvalue weighted by molar-refractivity contribution is -0.672. The average Bonchev–Trinajstić information content (AvgIpc) is 2.90. The molecule has 2 aromatic rings. The average molecular weight is 291 g/mol. The summed E-state index contributed by atoms with van der Waals surface area (Å²) in [5, 5.41) is 15.4. The minimum absolute atomic E-state index is 0.108. The molecule has 0 bridgehead atoms. The molecule has 7 nitrogen and oxygen atoms in total. The quantitative estimate of drug-likeness (QED) is 0.750. The van der Waals surface area contributed by atoms with Crippen LogP contribution in [-0.4, -0.2) is 36.3 Å². The normalized spacial score (nSPS) is 10.4. The Morgan fingerprint density at radius 1 is 1.33 bits per heavy atom. The molecule has 0 fully saturated rings. The van der Waals surface area contributed by atoms with Crippen LogP contribution >= 0.6 is 0 Å². The topological polar surface area (TPSA) is 82.5 Å². The van der Waals surface area contributed by atoms with Crippen molar-refractivity contribution in [3.05, 3.63) is 30.0 Å². The zero-order chi connectivity index (χ0) is 15.4. The van der Waals surface area contributed by atoms with Gasteiger partial charge in [-0.05, 0) is 30.7 Å². The SMILES string of the molecule is CCN(CC)C(=O)c1c([O-])on[n+]1-c1ccc(OC)cc1. The molecule has 0 saturated heterocycles. The molecule has 0 radical (unpaired) electrons. The van der Waals surface area contributed by atoms with Gasteiger partial charge >= 0.3 is 11.6 Å². The third-order valence-electron chi connectivity index (χ3n) is 3.18. The van der Waals surface area contributed by atoms with Gasteiger partial charge in [-0.2, -0.15) is 0 Å². The second-order valence-corrected chi connectivity index (χ2v) is 4.30.